The van der Waals surface area contributed by atoms with Crippen molar-refractivity contribution in [3.63, 3.8) is 0 Å². The first-order valence-corrected chi connectivity index (χ1v) is 6.75. The molecule has 1 aromatic heterocycles. The molecule has 0 bridgehead atoms. The van der Waals surface area contributed by atoms with E-state index in [4.69, 9.17) is 0 Å². The fourth-order valence-electron chi connectivity index (χ4n) is 2.70. The third-order valence-corrected chi connectivity index (χ3v) is 3.71. The van der Waals surface area contributed by atoms with Gasteiger partial charge in [-0.05, 0) is 40.1 Å². The molecule has 4 aromatic rings. The number of hydrogen-bond donors (Lipinski definition) is 0. The number of pyridine rings is 1. The van der Waals surface area contributed by atoms with Crippen LogP contribution in [0.15, 0.2) is 79.0 Å². The zero-order chi connectivity index (χ0) is 13.4. The van der Waals surface area contributed by atoms with E-state index in [-0.39, 0.29) is 0 Å². The average Bonchev–Trinajstić information content (AvgIpc) is 2.54. The molecule has 0 radical (unpaired) electrons. The molecule has 1 heteroatoms. The number of aromatic nitrogens is 1. The van der Waals surface area contributed by atoms with Crippen LogP contribution < -0.4 is 0 Å². The highest BCUT2D eigenvalue weighted by Crippen LogP contribution is 2.29. The van der Waals surface area contributed by atoms with Crippen molar-refractivity contribution in [2.24, 2.45) is 0 Å². The van der Waals surface area contributed by atoms with Gasteiger partial charge in [0.05, 0.1) is 5.52 Å². The van der Waals surface area contributed by atoms with Gasteiger partial charge >= 0.3 is 0 Å². The van der Waals surface area contributed by atoms with Crippen LogP contribution in [0.25, 0.3) is 32.8 Å². The van der Waals surface area contributed by atoms with E-state index in [2.05, 4.69) is 71.7 Å². The predicted molar refractivity (Wildman–Crippen MR) is 84.7 cm³/mol. The summed E-state index contributed by atoms with van der Waals surface area (Å²) in [7, 11) is 0. The second-order valence-electron chi connectivity index (χ2n) is 4.94. The second-order valence-corrected chi connectivity index (χ2v) is 4.94. The minimum Gasteiger partial charge on any atom is -0.256 e. The first-order valence-electron chi connectivity index (χ1n) is 6.75. The molecule has 0 aliphatic carbocycles. The molecule has 0 unspecified atom stereocenters. The van der Waals surface area contributed by atoms with Crippen LogP contribution in [-0.2, 0) is 0 Å². The predicted octanol–water partition coefficient (Wildman–Crippen LogP) is 5.06. The Kier molecular flexibility index (Phi) is 2.49. The highest BCUT2D eigenvalue weighted by atomic mass is 14.6. The lowest BCUT2D eigenvalue weighted by atomic mass is 9.98. The third kappa shape index (κ3) is 1.76. The highest BCUT2D eigenvalue weighted by molar-refractivity contribution is 5.97. The number of rotatable bonds is 1. The summed E-state index contributed by atoms with van der Waals surface area (Å²) in [5.74, 6) is 0. The fraction of sp³-hybridized carbons (Fsp3) is 0. The summed E-state index contributed by atoms with van der Waals surface area (Å²) in [6, 6.07) is 25.4. The van der Waals surface area contributed by atoms with Gasteiger partial charge in [0.15, 0.2) is 0 Å². The molecule has 0 N–H and O–H groups in total. The molecule has 1 heterocycles. The van der Waals surface area contributed by atoms with Crippen LogP contribution in [-0.4, -0.2) is 4.98 Å². The van der Waals surface area contributed by atoms with Gasteiger partial charge in [0.1, 0.15) is 0 Å². The molecule has 1 nitrogen and oxygen atoms in total. The molecule has 20 heavy (non-hydrogen) atoms. The lowest BCUT2D eigenvalue weighted by molar-refractivity contribution is 1.41. The Morgan fingerprint density at radius 1 is 0.650 bits per heavy atom. The molecule has 0 spiro atoms. The zero-order valence-electron chi connectivity index (χ0n) is 11.0. The maximum absolute atomic E-state index is 4.43. The normalized spacial score (nSPS) is 11.0. The summed E-state index contributed by atoms with van der Waals surface area (Å²) < 4.78 is 0. The molecule has 0 fully saturated rings. The molecule has 0 amide bonds. The Bertz CT molecular complexity index is 904. The van der Waals surface area contributed by atoms with E-state index in [1.54, 1.807) is 0 Å². The third-order valence-electron chi connectivity index (χ3n) is 3.71. The number of nitrogens with zero attached hydrogens (tertiary/aromatic N) is 1. The van der Waals surface area contributed by atoms with E-state index in [1.807, 2.05) is 12.3 Å². The topological polar surface area (TPSA) is 12.9 Å². The lowest BCUT2D eigenvalue weighted by Crippen LogP contribution is -1.84. The molecular formula is C19H13N. The minimum atomic E-state index is 1.04. The van der Waals surface area contributed by atoms with E-state index >= 15 is 0 Å². The first-order chi connectivity index (χ1) is 9.92. The van der Waals surface area contributed by atoms with Gasteiger partial charge in [0, 0.05) is 11.6 Å². The van der Waals surface area contributed by atoms with Gasteiger partial charge in [-0.25, -0.2) is 0 Å². The van der Waals surface area contributed by atoms with Crippen LogP contribution in [0.1, 0.15) is 0 Å². The molecule has 0 aliphatic heterocycles. The maximum atomic E-state index is 4.43. The summed E-state index contributed by atoms with van der Waals surface area (Å²) >= 11 is 0. The molecule has 0 saturated carbocycles. The Morgan fingerprint density at radius 3 is 2.40 bits per heavy atom. The first kappa shape index (κ1) is 11.2. The fourth-order valence-corrected chi connectivity index (χ4v) is 2.70. The number of hydrogen-bond acceptors (Lipinski definition) is 1. The van der Waals surface area contributed by atoms with Crippen LogP contribution in [0.5, 0.6) is 0 Å². The van der Waals surface area contributed by atoms with Crippen molar-refractivity contribution in [2.45, 2.75) is 0 Å². The summed E-state index contributed by atoms with van der Waals surface area (Å²) in [6.45, 7) is 0. The van der Waals surface area contributed by atoms with Crippen molar-refractivity contribution < 1.29 is 0 Å². The number of para-hydroxylation sites is 1. The van der Waals surface area contributed by atoms with Gasteiger partial charge in [-0.2, -0.15) is 0 Å². The standard InChI is InChI=1S/C19H13N/c1-2-6-15-13-16(10-9-14(15)5-1)17-11-12-20-19-8-4-3-7-18(17)19/h1-13H. The van der Waals surface area contributed by atoms with Crippen molar-refractivity contribution in [3.05, 3.63) is 79.0 Å². The zero-order valence-corrected chi connectivity index (χ0v) is 11.0. The van der Waals surface area contributed by atoms with Crippen LogP contribution in [0.4, 0.5) is 0 Å². The van der Waals surface area contributed by atoms with Gasteiger partial charge in [0.2, 0.25) is 0 Å². The van der Waals surface area contributed by atoms with Crippen molar-refractivity contribution in [1.82, 2.24) is 4.98 Å². The molecule has 0 aliphatic rings. The lowest BCUT2D eigenvalue weighted by Gasteiger charge is -2.07. The number of fused-ring (bicyclic) bond motifs is 2. The molecular weight excluding hydrogens is 242 g/mol. The summed E-state index contributed by atoms with van der Waals surface area (Å²) in [5, 5.41) is 3.74. The van der Waals surface area contributed by atoms with Gasteiger partial charge in [-0.15, -0.1) is 0 Å². The maximum Gasteiger partial charge on any atom is 0.0708 e. The minimum absolute atomic E-state index is 1.04. The smallest absolute Gasteiger partial charge is 0.0708 e. The average molecular weight is 255 g/mol. The van der Waals surface area contributed by atoms with E-state index in [0.717, 1.165) is 5.52 Å². The highest BCUT2D eigenvalue weighted by Gasteiger charge is 2.04. The Labute approximate surface area is 117 Å². The quantitative estimate of drug-likeness (QED) is 0.463. The molecule has 94 valence electrons. The molecule has 0 atom stereocenters. The van der Waals surface area contributed by atoms with Crippen molar-refractivity contribution in [2.75, 3.05) is 0 Å². The molecule has 0 saturated heterocycles. The summed E-state index contributed by atoms with van der Waals surface area (Å²) in [4.78, 5) is 4.43. The van der Waals surface area contributed by atoms with Crippen LogP contribution >= 0.6 is 0 Å². The molecule has 4 rings (SSSR count). The van der Waals surface area contributed by atoms with E-state index in [9.17, 15) is 0 Å². The number of benzene rings is 3. The SMILES string of the molecule is c1ccc2cc(-c3ccnc4ccccc34)ccc2c1. The van der Waals surface area contributed by atoms with Crippen LogP contribution in [0.3, 0.4) is 0 Å². The van der Waals surface area contributed by atoms with Crippen molar-refractivity contribution in [3.8, 4) is 11.1 Å². The Balaban J connectivity index is 2.01. The van der Waals surface area contributed by atoms with E-state index < -0.39 is 0 Å². The van der Waals surface area contributed by atoms with Gasteiger partial charge in [-0.1, -0.05) is 54.6 Å². The van der Waals surface area contributed by atoms with Gasteiger partial charge in [-0.3, -0.25) is 4.98 Å². The second kappa shape index (κ2) is 4.46. The monoisotopic (exact) mass is 255 g/mol. The van der Waals surface area contributed by atoms with Crippen LogP contribution in [0.2, 0.25) is 0 Å². The Hall–Kier alpha value is -2.67. The van der Waals surface area contributed by atoms with Crippen molar-refractivity contribution in [1.29, 1.82) is 0 Å². The van der Waals surface area contributed by atoms with Crippen LogP contribution in [0, 0.1) is 0 Å². The van der Waals surface area contributed by atoms with E-state index in [1.165, 1.54) is 27.3 Å². The van der Waals surface area contributed by atoms with Gasteiger partial charge in [0.25, 0.3) is 0 Å². The van der Waals surface area contributed by atoms with E-state index in [0.29, 0.717) is 0 Å². The summed E-state index contributed by atoms with van der Waals surface area (Å²) in [5.41, 5.74) is 3.52. The molecule has 3 aromatic carbocycles. The van der Waals surface area contributed by atoms with Gasteiger partial charge < -0.3 is 0 Å². The van der Waals surface area contributed by atoms with Crippen molar-refractivity contribution >= 4 is 21.7 Å². The summed E-state index contributed by atoms with van der Waals surface area (Å²) in [6.07, 6.45) is 1.88. The Morgan fingerprint density at radius 2 is 1.45 bits per heavy atom. The largest absolute Gasteiger partial charge is 0.256 e.